The number of rotatable bonds is 1. The Morgan fingerprint density at radius 1 is 1.55 bits per heavy atom. The van der Waals surface area contributed by atoms with Crippen molar-refractivity contribution in [2.45, 2.75) is 0 Å². The molecule has 0 heterocycles. The lowest BCUT2D eigenvalue weighted by Gasteiger charge is -2.02. The van der Waals surface area contributed by atoms with Gasteiger partial charge in [-0.1, -0.05) is 12.7 Å². The molecule has 0 aliphatic rings. The van der Waals surface area contributed by atoms with E-state index in [9.17, 15) is 4.39 Å². The van der Waals surface area contributed by atoms with E-state index in [2.05, 4.69) is 22.5 Å². The molecule has 0 aliphatic carbocycles. The van der Waals surface area contributed by atoms with E-state index in [1.54, 1.807) is 0 Å². The van der Waals surface area contributed by atoms with Crippen LogP contribution in [0.4, 0.5) is 10.1 Å². The normalized spacial score (nSPS) is 9.64. The van der Waals surface area contributed by atoms with Gasteiger partial charge >= 0.3 is 0 Å². The van der Waals surface area contributed by atoms with E-state index in [4.69, 9.17) is 5.73 Å². The van der Waals surface area contributed by atoms with Crippen molar-refractivity contribution in [3.05, 3.63) is 34.6 Å². The molecule has 0 aromatic heterocycles. The molecule has 11 heavy (non-hydrogen) atoms. The van der Waals surface area contributed by atoms with Crippen LogP contribution in [0.2, 0.25) is 0 Å². The number of hydrogen-bond acceptors (Lipinski definition) is 1. The average Bonchev–Trinajstić information content (AvgIpc) is 1.99. The summed E-state index contributed by atoms with van der Waals surface area (Å²) in [6.45, 7) is 3.52. The van der Waals surface area contributed by atoms with Gasteiger partial charge in [0.2, 0.25) is 0 Å². The SMILES string of the molecule is C=Cc1c(N)ccc(F)c1Br. The lowest BCUT2D eigenvalue weighted by Crippen LogP contribution is -1.91. The summed E-state index contributed by atoms with van der Waals surface area (Å²) in [5.41, 5.74) is 6.66. The molecule has 1 aromatic carbocycles. The Bertz CT molecular complexity index is 296. The van der Waals surface area contributed by atoms with Crippen molar-refractivity contribution in [3.63, 3.8) is 0 Å². The van der Waals surface area contributed by atoms with Crippen molar-refractivity contribution in [2.24, 2.45) is 0 Å². The van der Waals surface area contributed by atoms with E-state index in [-0.39, 0.29) is 5.82 Å². The zero-order chi connectivity index (χ0) is 8.43. The summed E-state index contributed by atoms with van der Waals surface area (Å²) in [7, 11) is 0. The Morgan fingerprint density at radius 3 is 2.64 bits per heavy atom. The highest BCUT2D eigenvalue weighted by molar-refractivity contribution is 9.10. The molecule has 0 aliphatic heterocycles. The first-order valence-electron chi connectivity index (χ1n) is 3.02. The zero-order valence-electron chi connectivity index (χ0n) is 5.77. The van der Waals surface area contributed by atoms with Crippen molar-refractivity contribution in [1.82, 2.24) is 0 Å². The van der Waals surface area contributed by atoms with Crippen LogP contribution in [0, 0.1) is 5.82 Å². The molecule has 0 radical (unpaired) electrons. The minimum Gasteiger partial charge on any atom is -0.398 e. The molecular formula is C8H7BrFN. The lowest BCUT2D eigenvalue weighted by atomic mass is 10.2. The van der Waals surface area contributed by atoms with Crippen LogP contribution in [0.25, 0.3) is 6.08 Å². The van der Waals surface area contributed by atoms with E-state index >= 15 is 0 Å². The number of nitrogens with two attached hydrogens (primary N) is 1. The van der Waals surface area contributed by atoms with Crippen LogP contribution in [-0.4, -0.2) is 0 Å². The smallest absolute Gasteiger partial charge is 0.138 e. The number of nitrogen functional groups attached to an aromatic ring is 1. The fourth-order valence-corrected chi connectivity index (χ4v) is 1.31. The van der Waals surface area contributed by atoms with Gasteiger partial charge in [-0.3, -0.25) is 0 Å². The zero-order valence-corrected chi connectivity index (χ0v) is 7.36. The third kappa shape index (κ3) is 1.43. The maximum absolute atomic E-state index is 12.8. The second kappa shape index (κ2) is 3.05. The fourth-order valence-electron chi connectivity index (χ4n) is 0.789. The molecule has 0 bridgehead atoms. The van der Waals surface area contributed by atoms with Gasteiger partial charge in [0.25, 0.3) is 0 Å². The third-order valence-electron chi connectivity index (χ3n) is 1.37. The van der Waals surface area contributed by atoms with Crippen LogP contribution in [-0.2, 0) is 0 Å². The van der Waals surface area contributed by atoms with E-state index in [1.165, 1.54) is 18.2 Å². The first-order valence-corrected chi connectivity index (χ1v) is 3.82. The summed E-state index contributed by atoms with van der Waals surface area (Å²) in [6, 6.07) is 2.82. The van der Waals surface area contributed by atoms with Gasteiger partial charge in [-0.15, -0.1) is 0 Å². The minimum absolute atomic E-state index is 0.325. The van der Waals surface area contributed by atoms with Gasteiger partial charge in [0, 0.05) is 11.3 Å². The van der Waals surface area contributed by atoms with Crippen LogP contribution >= 0.6 is 15.9 Å². The summed E-state index contributed by atoms with van der Waals surface area (Å²) in [6.07, 6.45) is 1.52. The quantitative estimate of drug-likeness (QED) is 0.717. The summed E-state index contributed by atoms with van der Waals surface area (Å²) < 4.78 is 13.2. The Kier molecular flexibility index (Phi) is 2.29. The number of halogens is 2. The van der Waals surface area contributed by atoms with Crippen molar-refractivity contribution >= 4 is 27.7 Å². The fraction of sp³-hybridized carbons (Fsp3) is 0. The molecule has 2 N–H and O–H groups in total. The molecule has 1 aromatic rings. The van der Waals surface area contributed by atoms with Crippen LogP contribution in [0.1, 0.15) is 5.56 Å². The van der Waals surface area contributed by atoms with Crippen molar-refractivity contribution in [3.8, 4) is 0 Å². The van der Waals surface area contributed by atoms with Crippen LogP contribution in [0.15, 0.2) is 23.2 Å². The van der Waals surface area contributed by atoms with E-state index < -0.39 is 0 Å². The van der Waals surface area contributed by atoms with Gasteiger partial charge < -0.3 is 5.73 Å². The molecule has 58 valence electrons. The van der Waals surface area contributed by atoms with Gasteiger partial charge in [0.15, 0.2) is 0 Å². The molecule has 0 saturated heterocycles. The predicted molar refractivity (Wildman–Crippen MR) is 48.6 cm³/mol. The van der Waals surface area contributed by atoms with Gasteiger partial charge in [0.05, 0.1) is 4.47 Å². The highest BCUT2D eigenvalue weighted by atomic mass is 79.9. The van der Waals surface area contributed by atoms with Crippen molar-refractivity contribution in [1.29, 1.82) is 0 Å². The van der Waals surface area contributed by atoms with Gasteiger partial charge in [-0.05, 0) is 28.1 Å². The second-order valence-electron chi connectivity index (χ2n) is 2.07. The number of benzene rings is 1. The summed E-state index contributed by atoms with van der Waals surface area (Å²) in [4.78, 5) is 0. The molecule has 0 fully saturated rings. The lowest BCUT2D eigenvalue weighted by molar-refractivity contribution is 0.621. The highest BCUT2D eigenvalue weighted by Gasteiger charge is 2.05. The average molecular weight is 216 g/mol. The van der Waals surface area contributed by atoms with E-state index in [0.29, 0.717) is 15.7 Å². The van der Waals surface area contributed by atoms with Crippen molar-refractivity contribution in [2.75, 3.05) is 5.73 Å². The van der Waals surface area contributed by atoms with Crippen LogP contribution < -0.4 is 5.73 Å². The molecule has 0 amide bonds. The predicted octanol–water partition coefficient (Wildman–Crippen LogP) is 2.81. The molecule has 3 heteroatoms. The summed E-state index contributed by atoms with van der Waals surface area (Å²) >= 11 is 3.06. The van der Waals surface area contributed by atoms with Gasteiger partial charge in [-0.25, -0.2) is 4.39 Å². The van der Waals surface area contributed by atoms with E-state index in [0.717, 1.165) is 0 Å². The Morgan fingerprint density at radius 2 is 2.18 bits per heavy atom. The molecular weight excluding hydrogens is 209 g/mol. The molecule has 0 atom stereocenters. The second-order valence-corrected chi connectivity index (χ2v) is 2.86. The molecule has 1 nitrogen and oxygen atoms in total. The van der Waals surface area contributed by atoms with Gasteiger partial charge in [-0.2, -0.15) is 0 Å². The molecule has 1 rings (SSSR count). The largest absolute Gasteiger partial charge is 0.398 e. The monoisotopic (exact) mass is 215 g/mol. The topological polar surface area (TPSA) is 26.0 Å². The number of hydrogen-bond donors (Lipinski definition) is 1. The van der Waals surface area contributed by atoms with Crippen molar-refractivity contribution < 1.29 is 4.39 Å². The van der Waals surface area contributed by atoms with Crippen LogP contribution in [0.3, 0.4) is 0 Å². The molecule has 0 spiro atoms. The minimum atomic E-state index is -0.325. The number of anilines is 1. The first kappa shape index (κ1) is 8.27. The maximum atomic E-state index is 12.8. The highest BCUT2D eigenvalue weighted by Crippen LogP contribution is 2.26. The Labute approximate surface area is 72.8 Å². The van der Waals surface area contributed by atoms with Gasteiger partial charge in [0.1, 0.15) is 5.82 Å². The van der Waals surface area contributed by atoms with E-state index in [1.807, 2.05) is 0 Å². The molecule has 0 unspecified atom stereocenters. The standard InChI is InChI=1S/C8H7BrFN/c1-2-5-7(11)4-3-6(10)8(5)9/h2-4H,1,11H2. The summed E-state index contributed by atoms with van der Waals surface area (Å²) in [5.74, 6) is -0.325. The first-order chi connectivity index (χ1) is 5.16. The Hall–Kier alpha value is -0.830. The summed E-state index contributed by atoms with van der Waals surface area (Å²) in [5, 5.41) is 0. The Balaban J connectivity index is 3.40. The molecule has 0 saturated carbocycles. The third-order valence-corrected chi connectivity index (χ3v) is 2.18. The van der Waals surface area contributed by atoms with Crippen LogP contribution in [0.5, 0.6) is 0 Å². The maximum Gasteiger partial charge on any atom is 0.138 e.